The number of rotatable bonds is 7. The molecule has 186 valence electrons. The van der Waals surface area contributed by atoms with E-state index in [-0.39, 0.29) is 12.1 Å². The number of hydrogen-bond acceptors (Lipinski definition) is 8. The van der Waals surface area contributed by atoms with Gasteiger partial charge in [0, 0.05) is 36.3 Å². The van der Waals surface area contributed by atoms with Crippen molar-refractivity contribution < 1.29 is 14.3 Å². The molecule has 1 aliphatic carbocycles. The number of nitrogens with zero attached hydrogens (tertiary/aromatic N) is 3. The van der Waals surface area contributed by atoms with Gasteiger partial charge in [0.2, 0.25) is 11.7 Å². The van der Waals surface area contributed by atoms with Gasteiger partial charge < -0.3 is 30.2 Å². The maximum atomic E-state index is 9.33. The van der Waals surface area contributed by atoms with E-state index in [9.17, 15) is 5.11 Å². The molecule has 0 amide bonds. The number of nitrogens with two attached hydrogens (primary N) is 1. The number of benzene rings is 2. The Labute approximate surface area is 210 Å². The van der Waals surface area contributed by atoms with E-state index in [1.807, 2.05) is 18.2 Å². The normalized spacial score (nSPS) is 17.2. The highest BCUT2D eigenvalue weighted by Gasteiger charge is 2.34. The maximum absolute atomic E-state index is 9.33. The zero-order valence-corrected chi connectivity index (χ0v) is 20.2. The molecule has 0 bridgehead atoms. The average Bonchev–Trinajstić information content (AvgIpc) is 3.30. The fourth-order valence-corrected chi connectivity index (χ4v) is 5.12. The summed E-state index contributed by atoms with van der Waals surface area (Å²) < 4.78 is 12.1. The summed E-state index contributed by atoms with van der Waals surface area (Å²) in [7, 11) is 0. The molecular weight excluding hydrogens is 454 g/mol. The van der Waals surface area contributed by atoms with Crippen LogP contribution in [0.3, 0.4) is 0 Å². The van der Waals surface area contributed by atoms with E-state index in [2.05, 4.69) is 46.6 Å². The van der Waals surface area contributed by atoms with Crippen molar-refractivity contribution in [3.8, 4) is 22.5 Å². The summed E-state index contributed by atoms with van der Waals surface area (Å²) >= 11 is 0. The Kier molecular flexibility index (Phi) is 6.08. The molecule has 4 aromatic rings. The van der Waals surface area contributed by atoms with Gasteiger partial charge in [0.15, 0.2) is 0 Å². The molecule has 8 heteroatoms. The minimum absolute atomic E-state index is 0.0120. The lowest BCUT2D eigenvalue weighted by molar-refractivity contribution is 0.122. The third-order valence-electron chi connectivity index (χ3n) is 7.27. The van der Waals surface area contributed by atoms with Crippen LogP contribution in [0.2, 0.25) is 0 Å². The van der Waals surface area contributed by atoms with E-state index < -0.39 is 0 Å². The molecule has 1 saturated heterocycles. The minimum Gasteiger partial charge on any atom is -0.437 e. The van der Waals surface area contributed by atoms with Crippen LogP contribution in [0.1, 0.15) is 24.8 Å². The number of morpholine rings is 1. The molecule has 3 heterocycles. The van der Waals surface area contributed by atoms with Gasteiger partial charge in [-0.1, -0.05) is 54.6 Å². The van der Waals surface area contributed by atoms with Crippen LogP contribution in [-0.2, 0) is 10.3 Å². The SMILES string of the molecule is NC1(c2ccc(-c3oc4nc(NCCO)nc(N5CCOCC5)c4c3-c3ccccc3)cc2)CCC1. The summed E-state index contributed by atoms with van der Waals surface area (Å²) in [5.74, 6) is 2.00. The molecule has 1 saturated carbocycles. The summed E-state index contributed by atoms with van der Waals surface area (Å²) in [4.78, 5) is 11.8. The molecule has 6 rings (SSSR count). The van der Waals surface area contributed by atoms with Crippen molar-refractivity contribution in [3.63, 3.8) is 0 Å². The number of hydrogen-bond donors (Lipinski definition) is 3. The number of ether oxygens (including phenoxy) is 1. The largest absolute Gasteiger partial charge is 0.437 e. The third-order valence-corrected chi connectivity index (χ3v) is 7.27. The second-order valence-electron chi connectivity index (χ2n) is 9.56. The first kappa shape index (κ1) is 23.0. The first-order valence-electron chi connectivity index (χ1n) is 12.6. The van der Waals surface area contributed by atoms with Gasteiger partial charge in [-0.05, 0) is 30.4 Å². The van der Waals surface area contributed by atoms with E-state index >= 15 is 0 Å². The summed E-state index contributed by atoms with van der Waals surface area (Å²) in [6.45, 7) is 3.08. The van der Waals surface area contributed by atoms with Crippen molar-refractivity contribution in [2.24, 2.45) is 5.73 Å². The molecule has 0 unspecified atom stereocenters. The van der Waals surface area contributed by atoms with Gasteiger partial charge in [0.25, 0.3) is 0 Å². The lowest BCUT2D eigenvalue weighted by atomic mass is 9.72. The monoisotopic (exact) mass is 485 g/mol. The first-order chi connectivity index (χ1) is 17.7. The molecule has 2 fully saturated rings. The molecular formula is C28H31N5O3. The van der Waals surface area contributed by atoms with Crippen LogP contribution < -0.4 is 16.0 Å². The molecule has 36 heavy (non-hydrogen) atoms. The average molecular weight is 486 g/mol. The number of nitrogens with one attached hydrogen (secondary N) is 1. The van der Waals surface area contributed by atoms with E-state index in [0.717, 1.165) is 59.6 Å². The Morgan fingerprint density at radius 2 is 1.72 bits per heavy atom. The van der Waals surface area contributed by atoms with Gasteiger partial charge in [0.1, 0.15) is 11.6 Å². The molecule has 2 aromatic carbocycles. The molecule has 2 aromatic heterocycles. The van der Waals surface area contributed by atoms with Crippen LogP contribution in [0.5, 0.6) is 0 Å². The Hall–Kier alpha value is -3.46. The number of anilines is 2. The lowest BCUT2D eigenvalue weighted by Crippen LogP contribution is -2.43. The zero-order valence-electron chi connectivity index (χ0n) is 20.2. The fraction of sp³-hybridized carbons (Fsp3) is 0.357. The molecule has 0 atom stereocenters. The summed E-state index contributed by atoms with van der Waals surface area (Å²) in [5, 5.41) is 13.3. The van der Waals surface area contributed by atoms with Gasteiger partial charge in [-0.3, -0.25) is 0 Å². The predicted octanol–water partition coefficient (Wildman–Crippen LogP) is 4.14. The molecule has 4 N–H and O–H groups in total. The van der Waals surface area contributed by atoms with Gasteiger partial charge in [-0.2, -0.15) is 9.97 Å². The van der Waals surface area contributed by atoms with E-state index in [0.29, 0.717) is 31.4 Å². The molecule has 8 nitrogen and oxygen atoms in total. The fourth-order valence-electron chi connectivity index (χ4n) is 5.12. The van der Waals surface area contributed by atoms with Gasteiger partial charge >= 0.3 is 0 Å². The third kappa shape index (κ3) is 4.11. The van der Waals surface area contributed by atoms with Gasteiger partial charge in [0.05, 0.1) is 25.2 Å². The number of aliphatic hydroxyl groups is 1. The summed E-state index contributed by atoms with van der Waals surface area (Å²) in [5.41, 5.74) is 11.0. The zero-order chi connectivity index (χ0) is 24.5. The van der Waals surface area contributed by atoms with Gasteiger partial charge in [-0.25, -0.2) is 0 Å². The van der Waals surface area contributed by atoms with Crippen molar-refractivity contribution in [3.05, 3.63) is 60.2 Å². The standard InChI is InChI=1S/C28H31N5O3/c29-28(11-4-12-28)21-9-7-20(8-10-21)24-22(19-5-2-1-3-6-19)23-25(33-14-17-35-18-15-33)31-27(30-13-16-34)32-26(23)36-24/h1-3,5-10,34H,4,11-18,29H2,(H,30,31,32). The van der Waals surface area contributed by atoms with Crippen LogP contribution in [0, 0.1) is 0 Å². The topological polar surface area (TPSA) is 110 Å². The minimum atomic E-state index is -0.211. The highest BCUT2D eigenvalue weighted by atomic mass is 16.5. The smallest absolute Gasteiger partial charge is 0.234 e. The van der Waals surface area contributed by atoms with Crippen molar-refractivity contribution >= 4 is 22.9 Å². The highest BCUT2D eigenvalue weighted by molar-refractivity contribution is 6.06. The number of aliphatic hydroxyl groups excluding tert-OH is 1. The second-order valence-corrected chi connectivity index (χ2v) is 9.56. The Morgan fingerprint density at radius 1 is 0.972 bits per heavy atom. The first-order valence-corrected chi connectivity index (χ1v) is 12.6. The maximum Gasteiger partial charge on any atom is 0.234 e. The van der Waals surface area contributed by atoms with E-state index in [4.69, 9.17) is 24.9 Å². The van der Waals surface area contributed by atoms with E-state index in [1.165, 1.54) is 12.0 Å². The summed E-state index contributed by atoms with van der Waals surface area (Å²) in [6, 6.07) is 18.7. The van der Waals surface area contributed by atoms with Crippen LogP contribution >= 0.6 is 0 Å². The molecule has 2 aliphatic rings. The van der Waals surface area contributed by atoms with Gasteiger partial charge in [-0.15, -0.1) is 0 Å². The Morgan fingerprint density at radius 3 is 2.39 bits per heavy atom. The lowest BCUT2D eigenvalue weighted by Gasteiger charge is -2.38. The van der Waals surface area contributed by atoms with Crippen molar-refractivity contribution in [2.45, 2.75) is 24.8 Å². The summed E-state index contributed by atoms with van der Waals surface area (Å²) in [6.07, 6.45) is 3.22. The van der Waals surface area contributed by atoms with Crippen LogP contribution in [0.25, 0.3) is 33.6 Å². The van der Waals surface area contributed by atoms with Crippen molar-refractivity contribution in [1.29, 1.82) is 0 Å². The Bertz CT molecular complexity index is 1340. The number of fused-ring (bicyclic) bond motifs is 1. The molecule has 0 spiro atoms. The number of aromatic nitrogens is 2. The van der Waals surface area contributed by atoms with Crippen molar-refractivity contribution in [2.75, 3.05) is 49.7 Å². The quantitative estimate of drug-likeness (QED) is 0.358. The van der Waals surface area contributed by atoms with Crippen LogP contribution in [0.15, 0.2) is 59.0 Å². The second kappa shape index (κ2) is 9.54. The van der Waals surface area contributed by atoms with Crippen LogP contribution in [0.4, 0.5) is 11.8 Å². The molecule has 1 aliphatic heterocycles. The van der Waals surface area contributed by atoms with E-state index in [1.54, 1.807) is 0 Å². The number of furan rings is 1. The Balaban J connectivity index is 1.55. The highest BCUT2D eigenvalue weighted by Crippen LogP contribution is 2.45. The molecule has 0 radical (unpaired) electrons. The van der Waals surface area contributed by atoms with Crippen LogP contribution in [-0.4, -0.2) is 54.5 Å². The predicted molar refractivity (Wildman–Crippen MR) is 141 cm³/mol. The van der Waals surface area contributed by atoms with Crippen molar-refractivity contribution in [1.82, 2.24) is 9.97 Å².